The van der Waals surface area contributed by atoms with Gasteiger partial charge in [-0.3, -0.25) is 9.78 Å². The molecule has 1 heterocycles. The molecule has 0 unspecified atom stereocenters. The molecule has 3 rings (SSSR count). The minimum Gasteiger partial charge on any atom is -0.339 e. The first-order valence-electron chi connectivity index (χ1n) is 8.95. The Labute approximate surface area is 154 Å². The standard InChI is InChI=1S/C20H24F2N2OSi/c1-26(2,13-15-7-4-3-5-8-15)14-24(16-10-11-16)20(25)17-9-6-12-23-18(17)19(21)22/h3-9,12,16,19H,10-11,13-14H2,1-2H3. The van der Waals surface area contributed by atoms with Crippen LogP contribution < -0.4 is 0 Å². The van der Waals surface area contributed by atoms with Crippen molar-refractivity contribution in [3.05, 3.63) is 65.5 Å². The molecule has 0 radical (unpaired) electrons. The number of nitrogens with zero attached hydrogens (tertiary/aromatic N) is 2. The van der Waals surface area contributed by atoms with Gasteiger partial charge in [0.1, 0.15) is 5.69 Å². The third-order valence-corrected chi connectivity index (χ3v) is 7.21. The number of benzene rings is 1. The van der Waals surface area contributed by atoms with Crippen molar-refractivity contribution in [3.63, 3.8) is 0 Å². The van der Waals surface area contributed by atoms with E-state index in [1.165, 1.54) is 17.8 Å². The van der Waals surface area contributed by atoms with E-state index in [0.29, 0.717) is 6.17 Å². The van der Waals surface area contributed by atoms with E-state index >= 15 is 0 Å². The van der Waals surface area contributed by atoms with E-state index < -0.39 is 20.2 Å². The second-order valence-corrected chi connectivity index (χ2v) is 12.7. The number of aromatic nitrogens is 1. The molecule has 1 aliphatic rings. The van der Waals surface area contributed by atoms with Crippen molar-refractivity contribution < 1.29 is 13.6 Å². The van der Waals surface area contributed by atoms with Crippen LogP contribution in [0.5, 0.6) is 0 Å². The Balaban J connectivity index is 1.80. The van der Waals surface area contributed by atoms with E-state index in [-0.39, 0.29) is 17.5 Å². The van der Waals surface area contributed by atoms with Crippen molar-refractivity contribution in [3.8, 4) is 0 Å². The first-order chi connectivity index (χ1) is 12.4. The molecule has 0 bridgehead atoms. The van der Waals surface area contributed by atoms with Crippen LogP contribution in [0.1, 0.15) is 40.9 Å². The van der Waals surface area contributed by atoms with Crippen LogP contribution in [0.25, 0.3) is 0 Å². The number of carbonyl (C=O) groups is 1. The Morgan fingerprint density at radius 2 is 1.88 bits per heavy atom. The number of rotatable bonds is 7. The lowest BCUT2D eigenvalue weighted by Crippen LogP contribution is -2.48. The third-order valence-electron chi connectivity index (χ3n) is 4.65. The number of carbonyl (C=O) groups excluding carboxylic acids is 1. The van der Waals surface area contributed by atoms with E-state index in [1.807, 2.05) is 23.1 Å². The van der Waals surface area contributed by atoms with E-state index in [0.717, 1.165) is 18.9 Å². The van der Waals surface area contributed by atoms with Gasteiger partial charge in [-0.25, -0.2) is 8.78 Å². The summed E-state index contributed by atoms with van der Waals surface area (Å²) in [5, 5.41) is 0. The van der Waals surface area contributed by atoms with E-state index in [1.54, 1.807) is 6.07 Å². The van der Waals surface area contributed by atoms with E-state index in [2.05, 4.69) is 30.2 Å². The van der Waals surface area contributed by atoms with Crippen LogP contribution in [0, 0.1) is 0 Å². The van der Waals surface area contributed by atoms with Gasteiger partial charge in [-0.2, -0.15) is 0 Å². The van der Waals surface area contributed by atoms with Gasteiger partial charge in [0.25, 0.3) is 12.3 Å². The molecule has 2 aromatic rings. The fourth-order valence-electron chi connectivity index (χ4n) is 3.35. The van der Waals surface area contributed by atoms with Gasteiger partial charge in [-0.05, 0) is 31.0 Å². The quantitative estimate of drug-likeness (QED) is 0.661. The lowest BCUT2D eigenvalue weighted by Gasteiger charge is -2.32. The maximum absolute atomic E-state index is 13.3. The Kier molecular flexibility index (Phi) is 5.51. The summed E-state index contributed by atoms with van der Waals surface area (Å²) in [6.45, 7) is 4.50. The average Bonchev–Trinajstić information content (AvgIpc) is 3.44. The molecule has 1 fully saturated rings. The smallest absolute Gasteiger partial charge is 0.281 e. The molecule has 0 spiro atoms. The molecule has 0 atom stereocenters. The molecule has 0 aliphatic heterocycles. The molecule has 138 valence electrons. The molecule has 6 heteroatoms. The van der Waals surface area contributed by atoms with Crippen LogP contribution in [0.15, 0.2) is 48.7 Å². The van der Waals surface area contributed by atoms with Crippen LogP contribution >= 0.6 is 0 Å². The SMILES string of the molecule is C[Si](C)(Cc1ccccc1)CN(C(=O)c1cccnc1C(F)F)C1CC1. The second kappa shape index (κ2) is 7.66. The summed E-state index contributed by atoms with van der Waals surface area (Å²) >= 11 is 0. The van der Waals surface area contributed by atoms with Crippen molar-refractivity contribution in [2.24, 2.45) is 0 Å². The van der Waals surface area contributed by atoms with Crippen LogP contribution in [0.2, 0.25) is 13.1 Å². The highest BCUT2D eigenvalue weighted by molar-refractivity contribution is 6.77. The van der Waals surface area contributed by atoms with E-state index in [9.17, 15) is 13.6 Å². The van der Waals surface area contributed by atoms with Crippen LogP contribution in [0.3, 0.4) is 0 Å². The van der Waals surface area contributed by atoms with Crippen LogP contribution in [-0.2, 0) is 6.04 Å². The third kappa shape index (κ3) is 4.55. The van der Waals surface area contributed by atoms with Crippen molar-refractivity contribution in [1.29, 1.82) is 0 Å². The molecule has 3 nitrogen and oxygen atoms in total. The van der Waals surface area contributed by atoms with Crippen molar-refractivity contribution >= 4 is 14.0 Å². The van der Waals surface area contributed by atoms with Gasteiger partial charge in [-0.15, -0.1) is 0 Å². The molecule has 26 heavy (non-hydrogen) atoms. The lowest BCUT2D eigenvalue weighted by molar-refractivity contribution is 0.0754. The predicted molar refractivity (Wildman–Crippen MR) is 101 cm³/mol. The second-order valence-electron chi connectivity index (χ2n) is 7.73. The molecule has 1 saturated carbocycles. The molecule has 0 saturated heterocycles. The van der Waals surface area contributed by atoms with Gasteiger partial charge < -0.3 is 4.90 Å². The number of halogens is 2. The molecule has 1 amide bonds. The monoisotopic (exact) mass is 374 g/mol. The zero-order valence-electron chi connectivity index (χ0n) is 15.2. The zero-order valence-corrected chi connectivity index (χ0v) is 16.2. The van der Waals surface area contributed by atoms with E-state index in [4.69, 9.17) is 0 Å². The minimum absolute atomic E-state index is 0.0407. The Bertz CT molecular complexity index is 763. The lowest BCUT2D eigenvalue weighted by atomic mass is 10.1. The maximum Gasteiger partial charge on any atom is 0.281 e. The van der Waals surface area contributed by atoms with Gasteiger partial charge in [0.15, 0.2) is 0 Å². The summed E-state index contributed by atoms with van der Waals surface area (Å²) in [5.41, 5.74) is 0.895. The van der Waals surface area contributed by atoms with Gasteiger partial charge in [0.2, 0.25) is 0 Å². The largest absolute Gasteiger partial charge is 0.339 e. The summed E-state index contributed by atoms with van der Waals surface area (Å²) in [7, 11) is -1.77. The Morgan fingerprint density at radius 3 is 2.50 bits per heavy atom. The first-order valence-corrected chi connectivity index (χ1v) is 12.4. The fourth-order valence-corrected chi connectivity index (χ4v) is 6.12. The summed E-state index contributed by atoms with van der Waals surface area (Å²) in [4.78, 5) is 18.6. The number of hydrogen-bond acceptors (Lipinski definition) is 2. The van der Waals surface area contributed by atoms with Gasteiger partial charge in [-0.1, -0.05) is 49.0 Å². The number of pyridine rings is 1. The summed E-state index contributed by atoms with van der Waals surface area (Å²) in [6, 6.07) is 14.4. The summed E-state index contributed by atoms with van der Waals surface area (Å²) in [5.74, 6) is -0.301. The maximum atomic E-state index is 13.3. The van der Waals surface area contributed by atoms with Crippen molar-refractivity contribution in [1.82, 2.24) is 9.88 Å². The van der Waals surface area contributed by atoms with Crippen LogP contribution in [0.4, 0.5) is 8.78 Å². The molecular formula is C20H24F2N2OSi. The molecule has 1 aromatic carbocycles. The summed E-state index contributed by atoms with van der Waals surface area (Å²) < 4.78 is 26.5. The summed E-state index contributed by atoms with van der Waals surface area (Å²) in [6.07, 6.45) is 1.14. The van der Waals surface area contributed by atoms with Crippen molar-refractivity contribution in [2.75, 3.05) is 6.17 Å². The zero-order chi connectivity index (χ0) is 18.7. The molecular weight excluding hydrogens is 350 g/mol. The molecule has 0 N–H and O–H groups in total. The van der Waals surface area contributed by atoms with Gasteiger partial charge in [0.05, 0.1) is 13.6 Å². The molecule has 1 aromatic heterocycles. The van der Waals surface area contributed by atoms with Gasteiger partial charge >= 0.3 is 0 Å². The predicted octanol–water partition coefficient (Wildman–Crippen LogP) is 4.65. The normalized spacial score (nSPS) is 14.5. The van der Waals surface area contributed by atoms with Crippen LogP contribution in [-0.4, -0.2) is 36.1 Å². The first kappa shape index (κ1) is 18.7. The fraction of sp³-hybridized carbons (Fsp3) is 0.400. The van der Waals surface area contributed by atoms with Gasteiger partial charge in [0, 0.05) is 18.4 Å². The Hall–Kier alpha value is -2.08. The highest BCUT2D eigenvalue weighted by Crippen LogP contribution is 2.31. The number of alkyl halides is 2. The highest BCUT2D eigenvalue weighted by atomic mass is 28.3. The average molecular weight is 375 g/mol. The highest BCUT2D eigenvalue weighted by Gasteiger charge is 2.38. The van der Waals surface area contributed by atoms with Crippen molar-refractivity contribution in [2.45, 2.75) is 44.4 Å². The molecule has 1 aliphatic carbocycles. The number of amides is 1. The minimum atomic E-state index is -2.74. The Morgan fingerprint density at radius 1 is 1.19 bits per heavy atom. The number of hydrogen-bond donors (Lipinski definition) is 0. The topological polar surface area (TPSA) is 33.2 Å².